The van der Waals surface area contributed by atoms with E-state index in [1.54, 1.807) is 0 Å². The molecule has 0 saturated heterocycles. The normalized spacial score (nSPS) is 10.7. The maximum atomic E-state index is 4.74. The molecule has 0 bridgehead atoms. The van der Waals surface area contributed by atoms with Crippen LogP contribution in [-0.2, 0) is 20.1 Å². The van der Waals surface area contributed by atoms with E-state index in [2.05, 4.69) is 126 Å². The van der Waals surface area contributed by atoms with Gasteiger partial charge in [-0.3, -0.25) is 9.97 Å². The fourth-order valence-corrected chi connectivity index (χ4v) is 7.53. The van der Waals surface area contributed by atoms with Crippen LogP contribution in [0.3, 0.4) is 0 Å². The molecule has 285 valence electrons. The molecule has 59 heavy (non-hydrogen) atoms. The Morgan fingerprint density at radius 3 is 1.92 bits per heavy atom. The third-order valence-corrected chi connectivity index (χ3v) is 10.4. The molecule has 4 nitrogen and oxygen atoms in total. The molecule has 0 unspecified atom stereocenters. The first-order valence-electron chi connectivity index (χ1n) is 19.3. The topological polar surface area (TPSA) is 51.6 Å². The summed E-state index contributed by atoms with van der Waals surface area (Å²) >= 11 is 0. The van der Waals surface area contributed by atoms with Crippen LogP contribution in [0.15, 0.2) is 195 Å². The predicted octanol–water partition coefficient (Wildman–Crippen LogP) is 13.5. The summed E-state index contributed by atoms with van der Waals surface area (Å²) in [4.78, 5) is 18.1. The fourth-order valence-electron chi connectivity index (χ4n) is 7.53. The molecule has 0 aliphatic heterocycles. The molecule has 10 rings (SSSR count). The van der Waals surface area contributed by atoms with Gasteiger partial charge in [0.15, 0.2) is 0 Å². The second-order valence-electron chi connectivity index (χ2n) is 14.3. The summed E-state index contributed by atoms with van der Waals surface area (Å²) < 4.78 is 0. The van der Waals surface area contributed by atoms with Crippen molar-refractivity contribution in [1.82, 2.24) is 19.9 Å². The van der Waals surface area contributed by atoms with E-state index in [1.807, 2.05) is 110 Å². The van der Waals surface area contributed by atoms with E-state index >= 15 is 0 Å². The third kappa shape index (κ3) is 8.40. The number of hydrogen-bond donors (Lipinski definition) is 0. The van der Waals surface area contributed by atoms with E-state index < -0.39 is 0 Å². The molecule has 1 radical (unpaired) electrons. The molecule has 0 aliphatic rings. The standard InChI is InChI=1S/C37H26N3.C17H12N.Ir/c1-24-10-13-31-32-8-6-16-40-37(32)22-34(35(31)17-24)30-19-28(27-7-5-14-38-23-27)18-29(20-30)33-21-26(12-11-25(33)2)36-9-3-4-15-39-36;1-2-8-14(9-3-1)15-10-4-5-11-16(15)17-12-6-7-13-18-17;/h3-11,13-23H,1-2H3;1-10,12-13H;/q2*-1;. The van der Waals surface area contributed by atoms with E-state index in [9.17, 15) is 0 Å². The second kappa shape index (κ2) is 17.7. The molecular formula is C54H38IrN4-2. The number of aryl methyl sites for hydroxylation is 2. The summed E-state index contributed by atoms with van der Waals surface area (Å²) in [6.07, 6.45) is 9.25. The van der Waals surface area contributed by atoms with Gasteiger partial charge in [-0.15, -0.1) is 59.2 Å². The molecule has 0 aliphatic carbocycles. The monoisotopic (exact) mass is 935 g/mol. The Bertz CT molecular complexity index is 2950. The van der Waals surface area contributed by atoms with Gasteiger partial charge in [-0.1, -0.05) is 114 Å². The maximum absolute atomic E-state index is 4.74. The van der Waals surface area contributed by atoms with Crippen LogP contribution in [0.5, 0.6) is 0 Å². The molecule has 10 aromatic rings. The van der Waals surface area contributed by atoms with Gasteiger partial charge < -0.3 is 9.97 Å². The second-order valence-corrected chi connectivity index (χ2v) is 14.3. The molecular weight excluding hydrogens is 897 g/mol. The Kier molecular flexibility index (Phi) is 11.7. The zero-order valence-electron chi connectivity index (χ0n) is 32.6. The van der Waals surface area contributed by atoms with Crippen molar-refractivity contribution in [1.29, 1.82) is 0 Å². The first-order valence-corrected chi connectivity index (χ1v) is 19.3. The Morgan fingerprint density at radius 2 is 1.15 bits per heavy atom. The largest absolute Gasteiger partial charge is 0.305 e. The van der Waals surface area contributed by atoms with Gasteiger partial charge in [0.2, 0.25) is 0 Å². The Hall–Kier alpha value is -6.91. The molecule has 0 spiro atoms. The summed E-state index contributed by atoms with van der Waals surface area (Å²) in [5.41, 5.74) is 16.4. The summed E-state index contributed by atoms with van der Waals surface area (Å²) in [5.74, 6) is 0. The smallest absolute Gasteiger partial charge is 0.0714 e. The number of nitrogens with zero attached hydrogens (tertiary/aromatic N) is 4. The summed E-state index contributed by atoms with van der Waals surface area (Å²) in [7, 11) is 0. The van der Waals surface area contributed by atoms with Crippen molar-refractivity contribution < 1.29 is 20.1 Å². The predicted molar refractivity (Wildman–Crippen MR) is 239 cm³/mol. The Labute approximate surface area is 358 Å². The van der Waals surface area contributed by atoms with Crippen LogP contribution >= 0.6 is 0 Å². The van der Waals surface area contributed by atoms with E-state index in [1.165, 1.54) is 32.8 Å². The average molecular weight is 935 g/mol. The SMILES string of the molecule is Cc1ccc2c(c1)c(-c1cc(-c3cccnc3)cc(-c3cc(-c4ccccn4)[c-]cc3C)c1)cc1ncccc12.[Ir].[c-]1cccc(-c2ccccc2)c1-c1ccccn1. The molecule has 0 atom stereocenters. The molecule has 0 N–H and O–H groups in total. The van der Waals surface area contributed by atoms with Crippen molar-refractivity contribution >= 4 is 21.7 Å². The van der Waals surface area contributed by atoms with Gasteiger partial charge in [0.05, 0.1) is 5.52 Å². The molecule has 0 saturated carbocycles. The maximum Gasteiger partial charge on any atom is 0.0714 e. The molecule has 0 amide bonds. The number of pyridine rings is 4. The van der Waals surface area contributed by atoms with Gasteiger partial charge >= 0.3 is 0 Å². The molecule has 4 heterocycles. The quantitative estimate of drug-likeness (QED) is 0.123. The number of rotatable bonds is 6. The van der Waals surface area contributed by atoms with Crippen molar-refractivity contribution in [3.05, 3.63) is 218 Å². The van der Waals surface area contributed by atoms with E-state index in [4.69, 9.17) is 4.98 Å². The number of aromatic nitrogens is 4. The molecule has 0 fully saturated rings. The van der Waals surface area contributed by atoms with Crippen LogP contribution in [0.4, 0.5) is 0 Å². The van der Waals surface area contributed by atoms with Crippen molar-refractivity contribution in [3.63, 3.8) is 0 Å². The minimum absolute atomic E-state index is 0. The van der Waals surface area contributed by atoms with Crippen molar-refractivity contribution in [2.75, 3.05) is 0 Å². The van der Waals surface area contributed by atoms with Gasteiger partial charge in [0.25, 0.3) is 0 Å². The van der Waals surface area contributed by atoms with Crippen molar-refractivity contribution in [3.8, 4) is 67.0 Å². The number of benzene rings is 6. The van der Waals surface area contributed by atoms with Crippen molar-refractivity contribution in [2.45, 2.75) is 13.8 Å². The Morgan fingerprint density at radius 1 is 0.441 bits per heavy atom. The van der Waals surface area contributed by atoms with Crippen molar-refractivity contribution in [2.24, 2.45) is 0 Å². The Balaban J connectivity index is 0.000000213. The van der Waals surface area contributed by atoms with Crippen LogP contribution in [0.25, 0.3) is 88.7 Å². The zero-order valence-corrected chi connectivity index (χ0v) is 35.0. The minimum Gasteiger partial charge on any atom is -0.305 e. The molecule has 4 aromatic heterocycles. The molecule has 5 heteroatoms. The van der Waals surface area contributed by atoms with Gasteiger partial charge in [-0.05, 0) is 99.9 Å². The summed E-state index contributed by atoms with van der Waals surface area (Å²) in [6, 6.07) is 63.3. The number of hydrogen-bond acceptors (Lipinski definition) is 4. The van der Waals surface area contributed by atoms with Crippen LogP contribution in [0.1, 0.15) is 11.1 Å². The van der Waals surface area contributed by atoms with Gasteiger partial charge in [0.1, 0.15) is 0 Å². The van der Waals surface area contributed by atoms with Crippen LogP contribution in [0.2, 0.25) is 0 Å². The first-order chi connectivity index (χ1) is 28.6. The van der Waals surface area contributed by atoms with E-state index in [-0.39, 0.29) is 20.1 Å². The van der Waals surface area contributed by atoms with Crippen LogP contribution < -0.4 is 0 Å². The minimum atomic E-state index is 0. The first kappa shape index (κ1) is 38.9. The summed E-state index contributed by atoms with van der Waals surface area (Å²) in [5, 5.41) is 3.60. The van der Waals surface area contributed by atoms with Crippen LogP contribution in [0, 0.1) is 26.0 Å². The van der Waals surface area contributed by atoms with E-state index in [0.29, 0.717) is 0 Å². The van der Waals surface area contributed by atoms with Gasteiger partial charge in [-0.2, -0.15) is 0 Å². The van der Waals surface area contributed by atoms with Gasteiger partial charge in [-0.25, -0.2) is 0 Å². The van der Waals surface area contributed by atoms with Gasteiger partial charge in [0, 0.05) is 62.0 Å². The van der Waals surface area contributed by atoms with Crippen LogP contribution in [-0.4, -0.2) is 19.9 Å². The summed E-state index contributed by atoms with van der Waals surface area (Å²) in [6.45, 7) is 4.29. The average Bonchev–Trinajstić information content (AvgIpc) is 3.30. The fraction of sp³-hybridized carbons (Fsp3) is 0.0370. The molecule has 6 aromatic carbocycles. The van der Waals surface area contributed by atoms with E-state index in [0.717, 1.165) is 67.0 Å². The number of fused-ring (bicyclic) bond motifs is 3. The third-order valence-electron chi connectivity index (χ3n) is 10.4. The zero-order chi connectivity index (χ0) is 39.3.